The molecule has 0 atom stereocenters. The van der Waals surface area contributed by atoms with Crippen LogP contribution in [0.3, 0.4) is 0 Å². The minimum atomic E-state index is -0.878. The van der Waals surface area contributed by atoms with Gasteiger partial charge in [-0.25, -0.2) is 0 Å². The van der Waals surface area contributed by atoms with Gasteiger partial charge in [0.05, 0.1) is 5.41 Å². The van der Waals surface area contributed by atoms with E-state index in [1.54, 1.807) is 20.0 Å². The minimum absolute atomic E-state index is 0.815. The van der Waals surface area contributed by atoms with E-state index in [0.717, 1.165) is 27.8 Å². The van der Waals surface area contributed by atoms with Crippen molar-refractivity contribution in [2.75, 3.05) is 0 Å². The molecule has 0 spiro atoms. The Balaban J connectivity index is 2.52. The van der Waals surface area contributed by atoms with E-state index in [-0.39, 0.29) is 0 Å². The van der Waals surface area contributed by atoms with Crippen LogP contribution in [0.1, 0.15) is 30.5 Å². The molecule has 104 valence electrons. The van der Waals surface area contributed by atoms with Crippen molar-refractivity contribution in [3.05, 3.63) is 53.3 Å². The number of aromatic nitrogens is 1. The summed E-state index contributed by atoms with van der Waals surface area (Å²) in [6.45, 7) is 7.48. The topological polar surface area (TPSA) is 50.2 Å². The van der Waals surface area contributed by atoms with Crippen molar-refractivity contribution in [3.8, 4) is 11.1 Å². The molecule has 0 saturated heterocycles. The second-order valence-electron chi connectivity index (χ2n) is 5.65. The van der Waals surface area contributed by atoms with Gasteiger partial charge in [0.25, 0.3) is 0 Å². The Kier molecular flexibility index (Phi) is 3.62. The first-order valence-corrected chi connectivity index (χ1v) is 6.59. The van der Waals surface area contributed by atoms with E-state index in [9.17, 15) is 9.90 Å². The van der Waals surface area contributed by atoms with E-state index in [0.29, 0.717) is 0 Å². The first kappa shape index (κ1) is 14.3. The number of benzene rings is 1. The maximum Gasteiger partial charge on any atom is 0.313 e. The zero-order chi connectivity index (χ0) is 14.9. The zero-order valence-electron chi connectivity index (χ0n) is 12.3. The number of carbonyl (C=O) groups is 1. The quantitative estimate of drug-likeness (QED) is 0.923. The molecule has 3 heteroatoms. The molecule has 20 heavy (non-hydrogen) atoms. The first-order valence-electron chi connectivity index (χ1n) is 6.59. The van der Waals surface area contributed by atoms with Gasteiger partial charge in [0, 0.05) is 12.4 Å². The molecule has 0 fully saturated rings. The van der Waals surface area contributed by atoms with Crippen LogP contribution in [0.5, 0.6) is 0 Å². The molecule has 0 saturated carbocycles. The predicted molar refractivity (Wildman–Crippen MR) is 79.8 cm³/mol. The third-order valence-electron chi connectivity index (χ3n) is 3.79. The van der Waals surface area contributed by atoms with Crippen molar-refractivity contribution >= 4 is 5.97 Å². The van der Waals surface area contributed by atoms with E-state index < -0.39 is 11.4 Å². The lowest BCUT2D eigenvalue weighted by Crippen LogP contribution is -2.28. The van der Waals surface area contributed by atoms with E-state index in [4.69, 9.17) is 0 Å². The largest absolute Gasteiger partial charge is 0.481 e. The highest BCUT2D eigenvalue weighted by Gasteiger charge is 2.29. The van der Waals surface area contributed by atoms with Gasteiger partial charge in [-0.05, 0) is 61.6 Å². The van der Waals surface area contributed by atoms with Gasteiger partial charge in [0.15, 0.2) is 0 Å². The Bertz CT molecular complexity index is 660. The molecule has 1 aromatic heterocycles. The van der Waals surface area contributed by atoms with Crippen LogP contribution in [0.15, 0.2) is 36.7 Å². The molecule has 0 aliphatic carbocycles. The highest BCUT2D eigenvalue weighted by Crippen LogP contribution is 2.31. The van der Waals surface area contributed by atoms with E-state index in [2.05, 4.69) is 4.98 Å². The molecular formula is C17H19NO2. The maximum absolute atomic E-state index is 11.3. The Morgan fingerprint density at radius 2 is 1.75 bits per heavy atom. The van der Waals surface area contributed by atoms with Crippen LogP contribution in [-0.2, 0) is 10.2 Å². The summed E-state index contributed by atoms with van der Waals surface area (Å²) in [7, 11) is 0. The maximum atomic E-state index is 11.3. The van der Waals surface area contributed by atoms with Crippen LogP contribution in [0, 0.1) is 13.8 Å². The molecule has 2 aromatic rings. The smallest absolute Gasteiger partial charge is 0.313 e. The van der Waals surface area contributed by atoms with Gasteiger partial charge < -0.3 is 5.11 Å². The Morgan fingerprint density at radius 1 is 1.10 bits per heavy atom. The molecular weight excluding hydrogens is 250 g/mol. The first-order chi connectivity index (χ1) is 9.34. The lowest BCUT2D eigenvalue weighted by atomic mass is 9.82. The Labute approximate surface area is 119 Å². The second kappa shape index (κ2) is 5.08. The highest BCUT2D eigenvalue weighted by molar-refractivity contribution is 5.81. The van der Waals surface area contributed by atoms with Crippen molar-refractivity contribution in [2.45, 2.75) is 33.1 Å². The average molecular weight is 269 g/mol. The number of nitrogens with zero attached hydrogens (tertiary/aromatic N) is 1. The van der Waals surface area contributed by atoms with Crippen molar-refractivity contribution in [3.63, 3.8) is 0 Å². The van der Waals surface area contributed by atoms with Crippen LogP contribution in [0.2, 0.25) is 0 Å². The summed E-state index contributed by atoms with van der Waals surface area (Å²) < 4.78 is 0. The van der Waals surface area contributed by atoms with Crippen LogP contribution in [0.4, 0.5) is 0 Å². The number of hydrogen-bond donors (Lipinski definition) is 1. The fourth-order valence-corrected chi connectivity index (χ4v) is 2.25. The molecule has 0 aliphatic heterocycles. The summed E-state index contributed by atoms with van der Waals surface area (Å²) in [6, 6.07) is 7.84. The molecule has 1 aromatic carbocycles. The molecule has 0 amide bonds. The van der Waals surface area contributed by atoms with Crippen molar-refractivity contribution in [1.29, 1.82) is 0 Å². The summed E-state index contributed by atoms with van der Waals surface area (Å²) in [4.78, 5) is 15.4. The monoisotopic (exact) mass is 269 g/mol. The van der Waals surface area contributed by atoms with E-state index >= 15 is 0 Å². The predicted octanol–water partition coefficient (Wildman–Crippen LogP) is 3.73. The molecule has 3 nitrogen and oxygen atoms in total. The average Bonchev–Trinajstić information content (AvgIpc) is 2.39. The number of hydrogen-bond acceptors (Lipinski definition) is 2. The normalized spacial score (nSPS) is 11.4. The van der Waals surface area contributed by atoms with Crippen molar-refractivity contribution in [1.82, 2.24) is 4.98 Å². The molecule has 0 bridgehead atoms. The minimum Gasteiger partial charge on any atom is -0.481 e. The third-order valence-corrected chi connectivity index (χ3v) is 3.79. The standard InChI is InChI=1S/C17H19NO2/c1-11-9-13(17(3,4)16(19)20)5-6-14(11)15-7-8-18-10-12(15)2/h5-10H,1-4H3,(H,19,20). The number of carboxylic acids is 1. The SMILES string of the molecule is Cc1cnccc1-c1ccc(C(C)(C)C(=O)O)cc1C. The van der Waals surface area contributed by atoms with E-state index in [1.807, 2.05) is 44.3 Å². The summed E-state index contributed by atoms with van der Waals surface area (Å²) >= 11 is 0. The van der Waals surface area contributed by atoms with Crippen LogP contribution < -0.4 is 0 Å². The van der Waals surface area contributed by atoms with Gasteiger partial charge in [0.1, 0.15) is 0 Å². The van der Waals surface area contributed by atoms with Crippen LogP contribution >= 0.6 is 0 Å². The molecule has 0 unspecified atom stereocenters. The number of aryl methyl sites for hydroxylation is 2. The second-order valence-corrected chi connectivity index (χ2v) is 5.65. The fraction of sp³-hybridized carbons (Fsp3) is 0.294. The Morgan fingerprint density at radius 3 is 2.30 bits per heavy atom. The summed E-state index contributed by atoms with van der Waals surface area (Å²) in [6.07, 6.45) is 3.61. The number of rotatable bonds is 3. The molecule has 0 aliphatic rings. The molecule has 0 radical (unpaired) electrons. The van der Waals surface area contributed by atoms with Gasteiger partial charge >= 0.3 is 5.97 Å². The van der Waals surface area contributed by atoms with Crippen LogP contribution in [0.25, 0.3) is 11.1 Å². The molecule has 1 heterocycles. The summed E-state index contributed by atoms with van der Waals surface area (Å²) in [5.41, 5.74) is 4.38. The molecule has 1 N–H and O–H groups in total. The Hall–Kier alpha value is -2.16. The van der Waals surface area contributed by atoms with Crippen LogP contribution in [-0.4, -0.2) is 16.1 Å². The van der Waals surface area contributed by atoms with Crippen molar-refractivity contribution < 1.29 is 9.90 Å². The van der Waals surface area contributed by atoms with E-state index in [1.165, 1.54) is 0 Å². The number of pyridine rings is 1. The molecule has 2 rings (SSSR count). The summed E-state index contributed by atoms with van der Waals surface area (Å²) in [5.74, 6) is -0.815. The summed E-state index contributed by atoms with van der Waals surface area (Å²) in [5, 5.41) is 9.31. The van der Waals surface area contributed by atoms with Gasteiger partial charge in [-0.3, -0.25) is 9.78 Å². The third kappa shape index (κ3) is 2.44. The zero-order valence-corrected chi connectivity index (χ0v) is 12.3. The number of aliphatic carboxylic acids is 1. The lowest BCUT2D eigenvalue weighted by Gasteiger charge is -2.21. The van der Waals surface area contributed by atoms with Crippen molar-refractivity contribution in [2.24, 2.45) is 0 Å². The van der Waals surface area contributed by atoms with Gasteiger partial charge in [-0.1, -0.05) is 18.2 Å². The van der Waals surface area contributed by atoms with Gasteiger partial charge in [0.2, 0.25) is 0 Å². The lowest BCUT2D eigenvalue weighted by molar-refractivity contribution is -0.142. The highest BCUT2D eigenvalue weighted by atomic mass is 16.4. The van der Waals surface area contributed by atoms with Gasteiger partial charge in [-0.15, -0.1) is 0 Å². The fourth-order valence-electron chi connectivity index (χ4n) is 2.25. The number of carboxylic acid groups (broad SMARTS) is 1. The van der Waals surface area contributed by atoms with Gasteiger partial charge in [-0.2, -0.15) is 0 Å².